The van der Waals surface area contributed by atoms with E-state index in [4.69, 9.17) is 14.6 Å². The van der Waals surface area contributed by atoms with E-state index < -0.39 is 5.97 Å². The van der Waals surface area contributed by atoms with Gasteiger partial charge in [0.2, 0.25) is 0 Å². The first-order chi connectivity index (χ1) is 14.3. The molecule has 0 unspecified atom stereocenters. The van der Waals surface area contributed by atoms with Gasteiger partial charge < -0.3 is 14.6 Å². The zero-order valence-corrected chi connectivity index (χ0v) is 17.6. The molecule has 0 aliphatic carbocycles. The fourth-order valence-electron chi connectivity index (χ4n) is 2.92. The van der Waals surface area contributed by atoms with Crippen LogP contribution >= 0.6 is 11.8 Å². The number of rotatable bonds is 7. The first kappa shape index (κ1) is 21.4. The molecule has 2 aromatic rings. The van der Waals surface area contributed by atoms with Gasteiger partial charge in [0.05, 0.1) is 17.6 Å². The Bertz CT molecular complexity index is 1030. The van der Waals surface area contributed by atoms with Crippen LogP contribution in [0.4, 0.5) is 4.79 Å². The van der Waals surface area contributed by atoms with E-state index in [2.05, 4.69) is 0 Å². The zero-order chi connectivity index (χ0) is 21.8. The monoisotopic (exact) mass is 427 g/mol. The van der Waals surface area contributed by atoms with Crippen LogP contribution in [0.25, 0.3) is 6.08 Å². The van der Waals surface area contributed by atoms with Gasteiger partial charge in [-0.15, -0.1) is 0 Å². The summed E-state index contributed by atoms with van der Waals surface area (Å²) >= 11 is 0.912. The number of methoxy groups -OCH3 is 1. The van der Waals surface area contributed by atoms with Crippen LogP contribution in [0, 0.1) is 0 Å². The van der Waals surface area contributed by atoms with Gasteiger partial charge in [-0.1, -0.05) is 18.2 Å². The number of benzene rings is 2. The maximum Gasteiger partial charge on any atom is 0.335 e. The minimum absolute atomic E-state index is 0.171. The summed E-state index contributed by atoms with van der Waals surface area (Å²) < 4.78 is 11.2. The van der Waals surface area contributed by atoms with Crippen molar-refractivity contribution in [2.24, 2.45) is 0 Å². The molecule has 0 spiro atoms. The normalized spacial score (nSPS) is 15.2. The summed E-state index contributed by atoms with van der Waals surface area (Å²) in [7, 11) is 1.50. The van der Waals surface area contributed by atoms with Crippen LogP contribution in [0.2, 0.25) is 0 Å². The highest BCUT2D eigenvalue weighted by Crippen LogP contribution is 2.35. The van der Waals surface area contributed by atoms with Crippen LogP contribution in [0.15, 0.2) is 47.4 Å². The fourth-order valence-corrected chi connectivity index (χ4v) is 3.89. The van der Waals surface area contributed by atoms with E-state index in [0.29, 0.717) is 27.5 Å². The fraction of sp³-hybridized carbons (Fsp3) is 0.227. The molecule has 1 saturated heterocycles. The van der Waals surface area contributed by atoms with Crippen LogP contribution in [-0.4, -0.2) is 40.3 Å². The molecule has 30 heavy (non-hydrogen) atoms. The number of carbonyl (C=O) groups is 3. The third kappa shape index (κ3) is 4.65. The van der Waals surface area contributed by atoms with E-state index in [1.165, 1.54) is 18.1 Å². The molecular weight excluding hydrogens is 406 g/mol. The molecule has 0 bridgehead atoms. The van der Waals surface area contributed by atoms with E-state index in [1.807, 2.05) is 0 Å². The Morgan fingerprint density at radius 2 is 1.93 bits per heavy atom. The molecule has 1 aliphatic heterocycles. The Labute approximate surface area is 178 Å². The van der Waals surface area contributed by atoms with Crippen molar-refractivity contribution in [2.75, 3.05) is 7.11 Å². The van der Waals surface area contributed by atoms with Gasteiger partial charge in [-0.05, 0) is 67.1 Å². The van der Waals surface area contributed by atoms with Crippen molar-refractivity contribution in [1.29, 1.82) is 0 Å². The molecule has 8 heteroatoms. The molecule has 0 aromatic heterocycles. The molecule has 2 aromatic carbocycles. The average Bonchev–Trinajstić information content (AvgIpc) is 3.00. The van der Waals surface area contributed by atoms with Gasteiger partial charge in [0.15, 0.2) is 11.5 Å². The molecule has 1 fully saturated rings. The second kappa shape index (κ2) is 9.04. The van der Waals surface area contributed by atoms with E-state index in [9.17, 15) is 14.4 Å². The highest BCUT2D eigenvalue weighted by molar-refractivity contribution is 8.18. The lowest BCUT2D eigenvalue weighted by Crippen LogP contribution is -2.34. The third-order valence-electron chi connectivity index (χ3n) is 4.39. The summed E-state index contributed by atoms with van der Waals surface area (Å²) in [5, 5.41) is 8.81. The number of hydrogen-bond acceptors (Lipinski definition) is 6. The molecule has 1 N–H and O–H groups in total. The second-order valence-corrected chi connectivity index (χ2v) is 7.84. The van der Waals surface area contributed by atoms with Crippen LogP contribution in [0.1, 0.15) is 35.3 Å². The molecule has 7 nitrogen and oxygen atoms in total. The minimum atomic E-state index is -0.999. The van der Waals surface area contributed by atoms with Crippen LogP contribution < -0.4 is 9.47 Å². The largest absolute Gasteiger partial charge is 0.493 e. The lowest BCUT2D eigenvalue weighted by Gasteiger charge is -2.16. The number of ether oxygens (including phenoxy) is 2. The van der Waals surface area contributed by atoms with Crippen molar-refractivity contribution in [2.45, 2.75) is 26.5 Å². The van der Waals surface area contributed by atoms with Crippen molar-refractivity contribution in [3.05, 3.63) is 64.1 Å². The Balaban J connectivity index is 1.77. The number of aromatic carboxylic acids is 1. The number of hydrogen-bond donors (Lipinski definition) is 1. The summed E-state index contributed by atoms with van der Waals surface area (Å²) in [6.07, 6.45) is 1.65. The minimum Gasteiger partial charge on any atom is -0.493 e. The molecule has 2 amide bonds. The van der Waals surface area contributed by atoms with E-state index in [-0.39, 0.29) is 29.4 Å². The third-order valence-corrected chi connectivity index (χ3v) is 5.28. The maximum atomic E-state index is 12.4. The second-order valence-electron chi connectivity index (χ2n) is 6.85. The molecule has 1 heterocycles. The highest BCUT2D eigenvalue weighted by Gasteiger charge is 2.36. The number of carboxylic acid groups (broad SMARTS) is 1. The van der Waals surface area contributed by atoms with E-state index in [0.717, 1.165) is 11.8 Å². The van der Waals surface area contributed by atoms with Crippen molar-refractivity contribution >= 4 is 35.0 Å². The van der Waals surface area contributed by atoms with Gasteiger partial charge in [0.25, 0.3) is 11.1 Å². The molecule has 0 atom stereocenters. The summed E-state index contributed by atoms with van der Waals surface area (Å²) in [4.78, 5) is 37.2. The standard InChI is InChI=1S/C22H21NO6S/c1-13(2)23-20(24)19(30-22(23)27)11-14-7-8-17(18(10-14)28-3)29-12-15-5-4-6-16(9-15)21(25)26/h4-11,13H,12H2,1-3H3,(H,25,26)/b19-11+. The average molecular weight is 427 g/mol. The highest BCUT2D eigenvalue weighted by atomic mass is 32.2. The van der Waals surface area contributed by atoms with Gasteiger partial charge >= 0.3 is 5.97 Å². The number of carboxylic acids is 1. The first-order valence-electron chi connectivity index (χ1n) is 9.20. The number of imide groups is 1. The zero-order valence-electron chi connectivity index (χ0n) is 16.7. The number of nitrogens with zero attached hydrogens (tertiary/aromatic N) is 1. The van der Waals surface area contributed by atoms with Crippen molar-refractivity contribution in [3.8, 4) is 11.5 Å². The van der Waals surface area contributed by atoms with Crippen molar-refractivity contribution < 1.29 is 29.0 Å². The van der Waals surface area contributed by atoms with Crippen molar-refractivity contribution in [1.82, 2.24) is 4.90 Å². The number of amides is 2. The van der Waals surface area contributed by atoms with Gasteiger partial charge in [0, 0.05) is 6.04 Å². The summed E-state index contributed by atoms with van der Waals surface area (Å²) in [5.41, 5.74) is 1.60. The molecule has 1 aliphatic rings. The van der Waals surface area contributed by atoms with Crippen LogP contribution in [0.3, 0.4) is 0 Å². The van der Waals surface area contributed by atoms with E-state index >= 15 is 0 Å². The van der Waals surface area contributed by atoms with Gasteiger partial charge in [-0.25, -0.2) is 4.79 Å². The quantitative estimate of drug-likeness (QED) is 0.654. The molecule has 3 rings (SSSR count). The lowest BCUT2D eigenvalue weighted by atomic mass is 10.1. The summed E-state index contributed by atoms with van der Waals surface area (Å²) in [6.45, 7) is 3.76. The molecular formula is C22H21NO6S. The van der Waals surface area contributed by atoms with Crippen LogP contribution in [0.5, 0.6) is 11.5 Å². The van der Waals surface area contributed by atoms with Gasteiger partial charge in [-0.3, -0.25) is 14.5 Å². The predicted octanol–water partition coefficient (Wildman–Crippen LogP) is 4.42. The van der Waals surface area contributed by atoms with Gasteiger partial charge in [-0.2, -0.15) is 0 Å². The first-order valence-corrected chi connectivity index (χ1v) is 10.0. The Kier molecular flexibility index (Phi) is 6.47. The number of carbonyl (C=O) groups excluding carboxylic acids is 2. The Hall–Kier alpha value is -3.26. The topological polar surface area (TPSA) is 93.1 Å². The van der Waals surface area contributed by atoms with Crippen molar-refractivity contribution in [3.63, 3.8) is 0 Å². The van der Waals surface area contributed by atoms with E-state index in [1.54, 1.807) is 56.3 Å². The number of thioether (sulfide) groups is 1. The molecule has 0 saturated carbocycles. The van der Waals surface area contributed by atoms with Crippen LogP contribution in [-0.2, 0) is 11.4 Å². The smallest absolute Gasteiger partial charge is 0.335 e. The Morgan fingerprint density at radius 3 is 2.57 bits per heavy atom. The summed E-state index contributed by atoms with van der Waals surface area (Å²) in [5.74, 6) is -0.370. The maximum absolute atomic E-state index is 12.4. The SMILES string of the molecule is COc1cc(/C=C2/SC(=O)N(C(C)C)C2=O)ccc1OCc1cccc(C(=O)O)c1. The molecule has 156 valence electrons. The Morgan fingerprint density at radius 1 is 1.17 bits per heavy atom. The lowest BCUT2D eigenvalue weighted by molar-refractivity contribution is -0.123. The van der Waals surface area contributed by atoms with Gasteiger partial charge in [0.1, 0.15) is 6.61 Å². The summed E-state index contributed by atoms with van der Waals surface area (Å²) in [6, 6.07) is 11.5. The molecule has 0 radical (unpaired) electrons. The predicted molar refractivity (Wildman–Crippen MR) is 114 cm³/mol.